The number of para-hydroxylation sites is 1. The number of amides is 1. The third-order valence-corrected chi connectivity index (χ3v) is 4.45. The smallest absolute Gasteiger partial charge is 0.255 e. The average Bonchev–Trinajstić information content (AvgIpc) is 2.69. The van der Waals surface area contributed by atoms with E-state index in [9.17, 15) is 4.79 Å². The summed E-state index contributed by atoms with van der Waals surface area (Å²) in [4.78, 5) is 20.8. The van der Waals surface area contributed by atoms with Crippen LogP contribution in [0.5, 0.6) is 5.75 Å². The third kappa shape index (κ3) is 4.52. The Morgan fingerprint density at radius 3 is 2.69 bits per heavy atom. The molecule has 1 fully saturated rings. The van der Waals surface area contributed by atoms with E-state index in [2.05, 4.69) is 9.88 Å². The van der Waals surface area contributed by atoms with Crippen molar-refractivity contribution < 1.29 is 14.3 Å². The first kappa shape index (κ1) is 18.2. The van der Waals surface area contributed by atoms with Gasteiger partial charge in [0, 0.05) is 26.3 Å². The Bertz CT molecular complexity index is 727. The average molecular weight is 355 g/mol. The Morgan fingerprint density at radius 2 is 2.00 bits per heavy atom. The van der Waals surface area contributed by atoms with Crippen LogP contribution >= 0.6 is 0 Å². The molecule has 1 saturated heterocycles. The van der Waals surface area contributed by atoms with E-state index >= 15 is 0 Å². The lowest BCUT2D eigenvalue weighted by Crippen LogP contribution is -2.36. The number of aryl methyl sites for hydroxylation is 1. The summed E-state index contributed by atoms with van der Waals surface area (Å²) in [5, 5.41) is 0. The maximum absolute atomic E-state index is 12.5. The number of morpholine rings is 1. The van der Waals surface area contributed by atoms with E-state index < -0.39 is 0 Å². The van der Waals surface area contributed by atoms with Crippen LogP contribution in [0.1, 0.15) is 15.9 Å². The van der Waals surface area contributed by atoms with Crippen molar-refractivity contribution in [3.63, 3.8) is 0 Å². The highest BCUT2D eigenvalue weighted by molar-refractivity contribution is 5.93. The number of hydrogen-bond acceptors (Lipinski definition) is 5. The van der Waals surface area contributed by atoms with Crippen LogP contribution in [-0.4, -0.2) is 62.3 Å². The molecule has 3 rings (SSSR count). The summed E-state index contributed by atoms with van der Waals surface area (Å²) < 4.78 is 11.1. The monoisotopic (exact) mass is 355 g/mol. The Hall–Kier alpha value is -2.60. The molecule has 1 aliphatic heterocycles. The molecule has 26 heavy (non-hydrogen) atoms. The van der Waals surface area contributed by atoms with Gasteiger partial charge in [-0.05, 0) is 30.7 Å². The highest BCUT2D eigenvalue weighted by atomic mass is 16.5. The second-order valence-electron chi connectivity index (χ2n) is 6.35. The quantitative estimate of drug-likeness (QED) is 0.796. The molecule has 0 atom stereocenters. The molecule has 1 aromatic carbocycles. The molecule has 0 radical (unpaired) electrons. The zero-order chi connectivity index (χ0) is 18.4. The Balaban J connectivity index is 1.52. The van der Waals surface area contributed by atoms with Crippen LogP contribution in [0.2, 0.25) is 0 Å². The number of rotatable bonds is 6. The molecule has 2 heterocycles. The number of carbonyl (C=O) groups is 1. The summed E-state index contributed by atoms with van der Waals surface area (Å²) in [7, 11) is 1.78. The van der Waals surface area contributed by atoms with Gasteiger partial charge in [0.15, 0.2) is 0 Å². The van der Waals surface area contributed by atoms with E-state index in [1.54, 1.807) is 18.1 Å². The number of ether oxygens (including phenoxy) is 2. The van der Waals surface area contributed by atoms with Gasteiger partial charge in [0.05, 0.1) is 25.3 Å². The molecule has 0 saturated carbocycles. The highest BCUT2D eigenvalue weighted by Gasteiger charge is 2.15. The number of carbonyl (C=O) groups excluding carboxylic acids is 1. The zero-order valence-electron chi connectivity index (χ0n) is 15.4. The van der Waals surface area contributed by atoms with Crippen LogP contribution in [-0.2, 0) is 4.74 Å². The molecule has 138 valence electrons. The largest absolute Gasteiger partial charge is 0.491 e. The predicted octanol–water partition coefficient (Wildman–Crippen LogP) is 2.38. The first-order chi connectivity index (χ1) is 12.6. The van der Waals surface area contributed by atoms with Crippen LogP contribution in [0, 0.1) is 6.92 Å². The normalized spacial score (nSPS) is 14.2. The summed E-state index contributed by atoms with van der Waals surface area (Å²) >= 11 is 0. The van der Waals surface area contributed by atoms with E-state index in [0.29, 0.717) is 31.9 Å². The number of anilines is 1. The second kappa shape index (κ2) is 8.67. The topological polar surface area (TPSA) is 54.9 Å². The number of benzene rings is 1. The summed E-state index contributed by atoms with van der Waals surface area (Å²) in [6.07, 6.45) is 1.64. The molecule has 6 heteroatoms. The van der Waals surface area contributed by atoms with Crippen molar-refractivity contribution in [2.24, 2.45) is 0 Å². The van der Waals surface area contributed by atoms with Crippen molar-refractivity contribution in [3.8, 4) is 5.75 Å². The van der Waals surface area contributed by atoms with Crippen molar-refractivity contribution in [2.75, 3.05) is 51.4 Å². The number of nitrogens with zero attached hydrogens (tertiary/aromatic N) is 3. The van der Waals surface area contributed by atoms with Gasteiger partial charge in [-0.2, -0.15) is 0 Å². The first-order valence-electron chi connectivity index (χ1n) is 8.88. The maximum Gasteiger partial charge on any atom is 0.255 e. The molecule has 0 spiro atoms. The molecule has 1 amide bonds. The molecule has 6 nitrogen and oxygen atoms in total. The molecule has 1 aromatic heterocycles. The van der Waals surface area contributed by atoms with Gasteiger partial charge in [0.25, 0.3) is 5.91 Å². The fourth-order valence-electron chi connectivity index (χ4n) is 2.82. The van der Waals surface area contributed by atoms with Crippen LogP contribution in [0.3, 0.4) is 0 Å². The van der Waals surface area contributed by atoms with Gasteiger partial charge >= 0.3 is 0 Å². The van der Waals surface area contributed by atoms with Gasteiger partial charge in [0.2, 0.25) is 0 Å². The molecular weight excluding hydrogens is 330 g/mol. The van der Waals surface area contributed by atoms with E-state index in [-0.39, 0.29) is 5.91 Å². The van der Waals surface area contributed by atoms with Crippen molar-refractivity contribution in [1.82, 2.24) is 9.88 Å². The van der Waals surface area contributed by atoms with Gasteiger partial charge in [-0.1, -0.05) is 18.2 Å². The Labute approximate surface area is 154 Å². The molecule has 0 aliphatic carbocycles. The summed E-state index contributed by atoms with van der Waals surface area (Å²) in [5.41, 5.74) is 1.67. The molecule has 0 bridgehead atoms. The second-order valence-corrected chi connectivity index (χ2v) is 6.35. The SMILES string of the molecule is Cc1ccccc1OCCN(C)C(=O)c1ccc(N2CCOCC2)nc1. The number of pyridine rings is 1. The van der Waals surface area contributed by atoms with Crippen molar-refractivity contribution in [1.29, 1.82) is 0 Å². The molecular formula is C20H25N3O3. The molecule has 1 aliphatic rings. The summed E-state index contributed by atoms with van der Waals surface area (Å²) in [6, 6.07) is 11.6. The molecule has 2 aromatic rings. The third-order valence-electron chi connectivity index (χ3n) is 4.45. The van der Waals surface area contributed by atoms with E-state index in [1.165, 1.54) is 0 Å². The van der Waals surface area contributed by atoms with Crippen molar-refractivity contribution in [3.05, 3.63) is 53.7 Å². The van der Waals surface area contributed by atoms with Gasteiger partial charge in [0.1, 0.15) is 18.2 Å². The minimum absolute atomic E-state index is 0.0561. The van der Waals surface area contributed by atoms with E-state index in [1.807, 2.05) is 43.3 Å². The van der Waals surface area contributed by atoms with Gasteiger partial charge in [-0.3, -0.25) is 4.79 Å². The van der Waals surface area contributed by atoms with Gasteiger partial charge < -0.3 is 19.3 Å². The van der Waals surface area contributed by atoms with Crippen LogP contribution < -0.4 is 9.64 Å². The maximum atomic E-state index is 12.5. The van der Waals surface area contributed by atoms with Crippen molar-refractivity contribution in [2.45, 2.75) is 6.92 Å². The fourth-order valence-corrected chi connectivity index (χ4v) is 2.82. The van der Waals surface area contributed by atoms with Crippen molar-refractivity contribution >= 4 is 11.7 Å². The minimum atomic E-state index is -0.0561. The summed E-state index contributed by atoms with van der Waals surface area (Å²) in [6.45, 7) is 6.06. The number of likely N-dealkylation sites (N-methyl/N-ethyl adjacent to an activating group) is 1. The van der Waals surface area contributed by atoms with Crippen LogP contribution in [0.15, 0.2) is 42.6 Å². The first-order valence-corrected chi connectivity index (χ1v) is 8.88. The lowest BCUT2D eigenvalue weighted by molar-refractivity contribution is 0.0773. The minimum Gasteiger partial charge on any atom is -0.491 e. The standard InChI is InChI=1S/C20H25N3O3/c1-16-5-3-4-6-18(16)26-14-9-22(2)20(24)17-7-8-19(21-15-17)23-10-12-25-13-11-23/h3-8,15H,9-14H2,1-2H3. The highest BCUT2D eigenvalue weighted by Crippen LogP contribution is 2.16. The lowest BCUT2D eigenvalue weighted by atomic mass is 10.2. The van der Waals surface area contributed by atoms with E-state index in [4.69, 9.17) is 9.47 Å². The fraction of sp³-hybridized carbons (Fsp3) is 0.400. The van der Waals surface area contributed by atoms with Gasteiger partial charge in [-0.15, -0.1) is 0 Å². The van der Waals surface area contributed by atoms with Gasteiger partial charge in [-0.25, -0.2) is 4.98 Å². The Morgan fingerprint density at radius 1 is 1.23 bits per heavy atom. The Kier molecular flexibility index (Phi) is 6.07. The van der Waals surface area contributed by atoms with Crippen LogP contribution in [0.4, 0.5) is 5.82 Å². The van der Waals surface area contributed by atoms with E-state index in [0.717, 1.165) is 30.2 Å². The lowest BCUT2D eigenvalue weighted by Gasteiger charge is -2.27. The van der Waals surface area contributed by atoms with Crippen LogP contribution in [0.25, 0.3) is 0 Å². The zero-order valence-corrected chi connectivity index (χ0v) is 15.4. The number of hydrogen-bond donors (Lipinski definition) is 0. The molecule has 0 N–H and O–H groups in total. The number of aromatic nitrogens is 1. The molecule has 0 unspecified atom stereocenters. The summed E-state index contributed by atoms with van der Waals surface area (Å²) in [5.74, 6) is 1.68. The predicted molar refractivity (Wildman–Crippen MR) is 101 cm³/mol.